The fraction of sp³-hybridized carbons (Fsp3) is 0.333. The molecule has 1 N–H and O–H groups in total. The van der Waals surface area contributed by atoms with Crippen LogP contribution in [-0.4, -0.2) is 33.5 Å². The van der Waals surface area contributed by atoms with E-state index < -0.39 is 33.9 Å². The lowest BCUT2D eigenvalue weighted by Crippen LogP contribution is -2.45. The van der Waals surface area contributed by atoms with Gasteiger partial charge in [0.25, 0.3) is 0 Å². The minimum atomic E-state index is -3.97. The molecule has 0 amide bonds. The molecule has 8 nitrogen and oxygen atoms in total. The molecule has 1 atom stereocenters. The van der Waals surface area contributed by atoms with Crippen LogP contribution in [0, 0.1) is 5.92 Å². The Morgan fingerprint density at radius 1 is 1.18 bits per heavy atom. The second-order valence-electron chi connectivity index (χ2n) is 6.15. The molecule has 0 saturated carbocycles. The van der Waals surface area contributed by atoms with E-state index in [2.05, 4.69) is 9.46 Å². The van der Waals surface area contributed by atoms with Crippen molar-refractivity contribution in [2.24, 2.45) is 5.92 Å². The molecular formula is C18H20ClNO7S. The Hall–Kier alpha value is -2.36. The minimum Gasteiger partial charge on any atom is -0.465 e. The van der Waals surface area contributed by atoms with Crippen LogP contribution in [-0.2, 0) is 30.9 Å². The van der Waals surface area contributed by atoms with Crippen molar-refractivity contribution in [2.45, 2.75) is 31.4 Å². The maximum absolute atomic E-state index is 12.5. The smallest absolute Gasteiger partial charge is 0.341 e. The van der Waals surface area contributed by atoms with Crippen molar-refractivity contribution in [3.05, 3.63) is 52.9 Å². The van der Waals surface area contributed by atoms with E-state index in [1.807, 2.05) is 0 Å². The van der Waals surface area contributed by atoms with Crippen LogP contribution < -0.4 is 4.72 Å². The number of esters is 2. The maximum Gasteiger partial charge on any atom is 0.341 e. The molecule has 0 aliphatic heterocycles. The molecule has 0 fully saturated rings. The van der Waals surface area contributed by atoms with Crippen LogP contribution in [0.15, 0.2) is 45.9 Å². The second-order valence-corrected chi connectivity index (χ2v) is 8.30. The highest BCUT2D eigenvalue weighted by Gasteiger charge is 2.30. The lowest BCUT2D eigenvalue weighted by molar-refractivity contribution is -0.148. The van der Waals surface area contributed by atoms with Gasteiger partial charge in [0.15, 0.2) is 5.76 Å². The highest BCUT2D eigenvalue weighted by atomic mass is 35.5. The summed E-state index contributed by atoms with van der Waals surface area (Å²) < 4.78 is 42.3. The molecule has 0 radical (unpaired) electrons. The Morgan fingerprint density at radius 2 is 1.82 bits per heavy atom. The number of hydrogen-bond donors (Lipinski definition) is 1. The van der Waals surface area contributed by atoms with Crippen LogP contribution in [0.5, 0.6) is 0 Å². The molecule has 0 aliphatic carbocycles. The summed E-state index contributed by atoms with van der Waals surface area (Å²) >= 11 is 5.77. The largest absolute Gasteiger partial charge is 0.465 e. The molecule has 10 heteroatoms. The van der Waals surface area contributed by atoms with E-state index in [1.165, 1.54) is 43.7 Å². The van der Waals surface area contributed by atoms with Gasteiger partial charge in [0.1, 0.15) is 18.2 Å². The van der Waals surface area contributed by atoms with Gasteiger partial charge in [0.2, 0.25) is 10.0 Å². The van der Waals surface area contributed by atoms with Crippen molar-refractivity contribution in [1.82, 2.24) is 4.72 Å². The van der Waals surface area contributed by atoms with Crippen molar-refractivity contribution < 1.29 is 31.9 Å². The zero-order chi connectivity index (χ0) is 20.9. The molecule has 0 unspecified atom stereocenters. The fourth-order valence-electron chi connectivity index (χ4n) is 2.28. The van der Waals surface area contributed by atoms with Gasteiger partial charge >= 0.3 is 11.9 Å². The standard InChI is InChI=1S/C18H20ClNO7S/c1-11(2)16(20-28(23,24)13-6-4-12(19)5-7-13)18(22)27-10-15-14(8-9-26-15)17(21)25-3/h4-9,11,16,20H,10H2,1-3H3/t16-/m1/s1. The zero-order valence-electron chi connectivity index (χ0n) is 15.5. The summed E-state index contributed by atoms with van der Waals surface area (Å²) in [5.74, 6) is -1.74. The predicted octanol–water partition coefficient (Wildman–Crippen LogP) is 2.77. The van der Waals surface area contributed by atoms with Crippen molar-refractivity contribution in [3.63, 3.8) is 0 Å². The molecule has 0 bridgehead atoms. The van der Waals surface area contributed by atoms with Gasteiger partial charge in [-0.05, 0) is 36.2 Å². The Kier molecular flexibility index (Phi) is 7.22. The third-order valence-corrected chi connectivity index (χ3v) is 5.53. The summed E-state index contributed by atoms with van der Waals surface area (Å²) in [6, 6.07) is 5.78. The first-order chi connectivity index (χ1) is 13.2. The van der Waals surface area contributed by atoms with Crippen molar-refractivity contribution in [3.8, 4) is 0 Å². The molecule has 0 aliphatic rings. The number of carbonyl (C=O) groups is 2. The van der Waals surface area contributed by atoms with E-state index in [4.69, 9.17) is 20.8 Å². The molecule has 0 saturated heterocycles. The van der Waals surface area contributed by atoms with Crippen molar-refractivity contribution in [2.75, 3.05) is 7.11 Å². The van der Waals surface area contributed by atoms with Gasteiger partial charge in [-0.1, -0.05) is 25.4 Å². The summed E-state index contributed by atoms with van der Waals surface area (Å²) in [7, 11) is -2.76. The topological polar surface area (TPSA) is 112 Å². The third-order valence-electron chi connectivity index (χ3n) is 3.82. The Bertz CT molecular complexity index is 935. The van der Waals surface area contributed by atoms with Crippen LogP contribution in [0.2, 0.25) is 5.02 Å². The summed E-state index contributed by atoms with van der Waals surface area (Å²) in [5, 5.41) is 0.388. The second kappa shape index (κ2) is 9.22. The molecule has 1 aromatic heterocycles. The third kappa shape index (κ3) is 5.34. The predicted molar refractivity (Wildman–Crippen MR) is 100 cm³/mol. The molecule has 28 heavy (non-hydrogen) atoms. The van der Waals surface area contributed by atoms with Gasteiger partial charge in [0.05, 0.1) is 18.3 Å². The fourth-order valence-corrected chi connectivity index (χ4v) is 3.74. The van der Waals surface area contributed by atoms with Gasteiger partial charge < -0.3 is 13.9 Å². The first-order valence-corrected chi connectivity index (χ1v) is 10.1. The lowest BCUT2D eigenvalue weighted by Gasteiger charge is -2.20. The number of methoxy groups -OCH3 is 1. The van der Waals surface area contributed by atoms with Gasteiger partial charge in [-0.25, -0.2) is 13.2 Å². The summed E-state index contributed by atoms with van der Waals surface area (Å²) in [4.78, 5) is 24.1. The van der Waals surface area contributed by atoms with Gasteiger partial charge in [-0.2, -0.15) is 4.72 Å². The SMILES string of the molecule is COC(=O)c1ccoc1COC(=O)[C@H](NS(=O)(=O)c1ccc(Cl)cc1)C(C)C. The number of sulfonamides is 1. The quantitative estimate of drug-likeness (QED) is 0.642. The van der Waals surface area contributed by atoms with Crippen LogP contribution in [0.25, 0.3) is 0 Å². The van der Waals surface area contributed by atoms with E-state index >= 15 is 0 Å². The average molecular weight is 430 g/mol. The van der Waals surface area contributed by atoms with E-state index in [1.54, 1.807) is 13.8 Å². The van der Waals surface area contributed by atoms with Gasteiger partial charge in [-0.3, -0.25) is 4.79 Å². The highest BCUT2D eigenvalue weighted by Crippen LogP contribution is 2.17. The zero-order valence-corrected chi connectivity index (χ0v) is 17.0. The maximum atomic E-state index is 12.5. The van der Waals surface area contributed by atoms with Crippen molar-refractivity contribution >= 4 is 33.6 Å². The summed E-state index contributed by atoms with van der Waals surface area (Å²) in [6.45, 7) is 2.99. The molecule has 0 spiro atoms. The van der Waals surface area contributed by atoms with Crippen molar-refractivity contribution in [1.29, 1.82) is 0 Å². The molecule has 1 heterocycles. The van der Waals surface area contributed by atoms with E-state index in [9.17, 15) is 18.0 Å². The normalized spacial score (nSPS) is 12.6. The number of furan rings is 1. The highest BCUT2D eigenvalue weighted by molar-refractivity contribution is 7.89. The van der Waals surface area contributed by atoms with Gasteiger partial charge in [-0.15, -0.1) is 0 Å². The monoisotopic (exact) mass is 429 g/mol. The number of benzene rings is 1. The van der Waals surface area contributed by atoms with E-state index in [-0.39, 0.29) is 22.8 Å². The number of ether oxygens (including phenoxy) is 2. The summed E-state index contributed by atoms with van der Waals surface area (Å²) in [5.41, 5.74) is 0.123. The summed E-state index contributed by atoms with van der Waals surface area (Å²) in [6.07, 6.45) is 1.26. The molecule has 2 aromatic rings. The van der Waals surface area contributed by atoms with Crippen LogP contribution in [0.3, 0.4) is 0 Å². The minimum absolute atomic E-state index is 0.0330. The Morgan fingerprint density at radius 3 is 2.39 bits per heavy atom. The van der Waals surface area contributed by atoms with Crippen LogP contribution in [0.1, 0.15) is 30.0 Å². The van der Waals surface area contributed by atoms with Gasteiger partial charge in [0, 0.05) is 5.02 Å². The lowest BCUT2D eigenvalue weighted by atomic mass is 10.1. The van der Waals surface area contributed by atoms with Crippen LogP contribution >= 0.6 is 11.6 Å². The van der Waals surface area contributed by atoms with Crippen LogP contribution in [0.4, 0.5) is 0 Å². The Balaban J connectivity index is 2.11. The number of nitrogens with one attached hydrogen (secondary N) is 1. The first-order valence-electron chi connectivity index (χ1n) is 8.25. The Labute approximate surface area is 167 Å². The van der Waals surface area contributed by atoms with E-state index in [0.717, 1.165) is 0 Å². The number of rotatable bonds is 8. The number of halogens is 1. The first kappa shape index (κ1) is 21.9. The number of hydrogen-bond acceptors (Lipinski definition) is 7. The average Bonchev–Trinajstić information content (AvgIpc) is 3.12. The van der Waals surface area contributed by atoms with E-state index in [0.29, 0.717) is 5.02 Å². The molecule has 152 valence electrons. The number of carbonyl (C=O) groups excluding carboxylic acids is 2. The molecular weight excluding hydrogens is 410 g/mol. The molecule has 1 aromatic carbocycles. The molecule has 2 rings (SSSR count).